The lowest BCUT2D eigenvalue weighted by atomic mass is 9.88. The Balaban J connectivity index is 0.000000194. The van der Waals surface area contributed by atoms with Gasteiger partial charge in [-0.05, 0) is 261 Å². The molecule has 0 aliphatic carbocycles. The molecule has 3 saturated heterocycles. The van der Waals surface area contributed by atoms with Gasteiger partial charge < -0.3 is 65.6 Å². The lowest BCUT2D eigenvalue weighted by molar-refractivity contribution is 0.0686. The molecule has 690 valence electrons. The van der Waals surface area contributed by atoms with Crippen LogP contribution in [0, 0.1) is 23.8 Å². The van der Waals surface area contributed by atoms with Gasteiger partial charge in [0.1, 0.15) is 19.6 Å². The van der Waals surface area contributed by atoms with E-state index in [1.807, 2.05) is 119 Å². The number of nitrogens with zero attached hydrogens (tertiary/aromatic N) is 2. The van der Waals surface area contributed by atoms with Crippen molar-refractivity contribution in [2.75, 3.05) is 39.3 Å². The van der Waals surface area contributed by atoms with Crippen LogP contribution in [0.25, 0.3) is 18.2 Å². The summed E-state index contributed by atoms with van der Waals surface area (Å²) in [5, 5.41) is 65.1. The van der Waals surface area contributed by atoms with E-state index in [0.717, 1.165) is 119 Å². The molecule has 26 heteroatoms. The van der Waals surface area contributed by atoms with Gasteiger partial charge in [0.25, 0.3) is 11.8 Å². The maximum absolute atomic E-state index is 12.8. The Hall–Kier alpha value is -12.8. The maximum atomic E-state index is 12.8. The van der Waals surface area contributed by atoms with Gasteiger partial charge in [0.2, 0.25) is 0 Å². The Morgan fingerprint density at radius 2 is 0.799 bits per heavy atom. The average molecular weight is 1950 g/mol. The van der Waals surface area contributed by atoms with Crippen LogP contribution in [-0.2, 0) is 19.4 Å². The first-order chi connectivity index (χ1) is 64.3. The molecule has 15 rings (SSSR count). The number of carboxylic acid groups (broad SMARTS) is 3. The fraction of sp³-hybridized carbons (Fsp3) is 0.231. The molecule has 2 amide bonds. The lowest BCUT2D eigenvalue weighted by Crippen LogP contribution is -2.37. The second kappa shape index (κ2) is 55.6. The van der Waals surface area contributed by atoms with Crippen LogP contribution in [0.1, 0.15) is 218 Å². The molecule has 4 aliphatic heterocycles. The van der Waals surface area contributed by atoms with Crippen molar-refractivity contribution in [3.05, 3.63) is 394 Å². The fourth-order valence-electron chi connectivity index (χ4n) is 14.5. The zero-order valence-corrected chi connectivity index (χ0v) is 80.7. The second-order valence-corrected chi connectivity index (χ2v) is 39.6. The molecule has 4 aliphatic rings. The molecule has 0 unspecified atom stereocenters. The van der Waals surface area contributed by atoms with Gasteiger partial charge >= 0.3 is 39.3 Å². The summed E-state index contributed by atoms with van der Waals surface area (Å²) in [6.07, 6.45) is 18.7. The van der Waals surface area contributed by atoms with Gasteiger partial charge in [-0.1, -0.05) is 265 Å². The zero-order valence-electron chi connectivity index (χ0n) is 76.5. The number of carbonyl (C=O) groups excluding carboxylic acids is 4. The Morgan fingerprint density at radius 1 is 0.448 bits per heavy atom. The van der Waals surface area contributed by atoms with Gasteiger partial charge in [0.05, 0.1) is 16.7 Å². The number of hydrogen-bond acceptors (Lipinski definition) is 15. The third-order valence-corrected chi connectivity index (χ3v) is 23.6. The van der Waals surface area contributed by atoms with Crippen LogP contribution < -0.4 is 20.4 Å². The molecule has 3 fully saturated rings. The third-order valence-electron chi connectivity index (χ3n) is 21.8. The number of terminal acetylenes is 1. The molecule has 0 radical (unpaired) electrons. The predicted molar refractivity (Wildman–Crippen MR) is 547 cm³/mol. The van der Waals surface area contributed by atoms with Crippen molar-refractivity contribution < 1.29 is 78.3 Å². The normalized spacial score (nSPS) is 13.3. The number of nitrogens with two attached hydrogens (primary N) is 1. The standard InChI is InChI=1S/C22H26BNO3.C21H25BN2O3.C15H11BO4.C13H19N.C13H16OSi.C9H6O2.C8H7BrO.C7H5BrO2/c1-2-17-5-3-7-20(15-17)19-10-13-24(14-11-19)22(25)21-8-4-6-18(16-21)9-12-23(26)27;23-15-17-4-2-5-19(14-17)18-8-11-24(12-9-18)21(25)20-6-1-3-16(13-20)7-10-22(26)27;17-15(18)12-5-3-4-11(10-12)8-9-16-19-13-6-1-2-7-14(13)20-16;1-2-11-4-3-5-13(10-11)12-6-8-14-9-7-12;1-11(14)13-7-5-6-12(10-13)8-9-15(2,3)4;1-2-7-4-3-5-8(6-7)9(10)11;1-6(10)7-3-2-4-8(9)5-7;8-6-3-1-2-5(4-6)7(9)10/h3-9,12,15-16,19,26-27H,2,10-11,13-14H2,1H3;1-7,10,13-14,18,26-27H,8-9,11-12,15,23H2;1-10H,(H,17,18);3-5,10,12,14H,2,6-9H2,1H3;5-7,10H,1-4H3;1,3-6H,(H,10,11);2-5H,1H3;1-4H,(H,9,10)/b12-9+;10-7+;9-8+;;;;;. The number of ketones is 2. The van der Waals surface area contributed by atoms with Crippen molar-refractivity contribution in [3.63, 3.8) is 0 Å². The number of halogens is 2. The Morgan fingerprint density at radius 3 is 1.19 bits per heavy atom. The second-order valence-electron chi connectivity index (χ2n) is 33.0. The minimum atomic E-state index is -1.50. The molecule has 4 heterocycles. The highest BCUT2D eigenvalue weighted by atomic mass is 79.9. The van der Waals surface area contributed by atoms with Crippen molar-refractivity contribution in [3.8, 4) is 35.3 Å². The van der Waals surface area contributed by atoms with Gasteiger partial charge in [0, 0.05) is 75.0 Å². The number of nitrogens with one attached hydrogen (secondary N) is 1. The first-order valence-corrected chi connectivity index (χ1v) is 49.5. The molecule has 11 aromatic rings. The summed E-state index contributed by atoms with van der Waals surface area (Å²) >= 11 is 6.45. The minimum Gasteiger partial charge on any atom is -0.520 e. The first-order valence-electron chi connectivity index (χ1n) is 44.5. The highest BCUT2D eigenvalue weighted by Gasteiger charge is 2.30. The minimum absolute atomic E-state index is 0.0176. The van der Waals surface area contributed by atoms with E-state index in [1.54, 1.807) is 122 Å². The highest BCUT2D eigenvalue weighted by molar-refractivity contribution is 9.10. The van der Waals surface area contributed by atoms with E-state index < -0.39 is 47.3 Å². The molecule has 0 spiro atoms. The fourth-order valence-corrected chi connectivity index (χ4v) is 15.8. The van der Waals surface area contributed by atoms with Crippen molar-refractivity contribution in [2.45, 2.75) is 123 Å². The third kappa shape index (κ3) is 37.3. The van der Waals surface area contributed by atoms with Gasteiger partial charge in [0.15, 0.2) is 11.6 Å². The molecule has 10 N–H and O–H groups in total. The van der Waals surface area contributed by atoms with Crippen molar-refractivity contribution in [2.24, 2.45) is 5.73 Å². The molecule has 0 saturated carbocycles. The van der Waals surface area contributed by atoms with E-state index >= 15 is 0 Å². The lowest BCUT2D eigenvalue weighted by Gasteiger charge is -2.32. The van der Waals surface area contributed by atoms with E-state index in [-0.39, 0.29) is 34.5 Å². The van der Waals surface area contributed by atoms with Crippen LogP contribution in [0.15, 0.2) is 294 Å². The van der Waals surface area contributed by atoms with Crippen LogP contribution in [-0.4, -0.2) is 155 Å². The summed E-state index contributed by atoms with van der Waals surface area (Å²) < 4.78 is 12.9. The summed E-state index contributed by atoms with van der Waals surface area (Å²) in [7, 11) is -4.81. The van der Waals surface area contributed by atoms with Crippen LogP contribution in [0.2, 0.25) is 19.6 Å². The zero-order chi connectivity index (χ0) is 97.1. The Labute approximate surface area is 805 Å². The number of para-hydroxylation sites is 2. The van der Waals surface area contributed by atoms with E-state index in [4.69, 9.17) is 56.9 Å². The molecular weight excluding hydrogens is 1830 g/mol. The van der Waals surface area contributed by atoms with E-state index in [9.17, 15) is 33.6 Å². The molecule has 134 heavy (non-hydrogen) atoms. The number of benzene rings is 11. The number of rotatable bonds is 19. The topological polar surface area (TPSA) is 324 Å². The molecule has 0 atom stereocenters. The number of Topliss-reactive ketones (excluding diaryl/α,β-unsaturated/α-hetero) is 2. The monoisotopic (exact) mass is 1940 g/mol. The van der Waals surface area contributed by atoms with Gasteiger partial charge in [-0.3, -0.25) is 19.2 Å². The maximum Gasteiger partial charge on any atom is 0.625 e. The van der Waals surface area contributed by atoms with Crippen LogP contribution in [0.3, 0.4) is 0 Å². The predicted octanol–water partition coefficient (Wildman–Crippen LogP) is 20.4. The Kier molecular flexibility index (Phi) is 44.2. The smallest absolute Gasteiger partial charge is 0.520 e. The SMILES string of the molecule is C#Cc1cccc(C(=O)O)c1.CC(=O)c1cccc(Br)c1.CC(=O)c1cccc(C#C[Si](C)(C)C)c1.CCc1cccc(C2CCN(C(=O)c3cccc(/C=C/B(O)O)c3)CC2)c1.CCc1cccc(C2CCNCC2)c1.NCc1cccc(C2CCN(C(=O)c3cccc(/C=C/B(O)O)c3)CC2)c1.O=C(O)c1cccc(/C=C/B2Oc3ccccc3O2)c1.O=C(O)c1cccc(Br)c1. The number of aromatic carboxylic acids is 3. The summed E-state index contributed by atoms with van der Waals surface area (Å²) in [4.78, 5) is 83.0. The molecule has 11 aromatic carbocycles. The summed E-state index contributed by atoms with van der Waals surface area (Å²) in [6.45, 7) is 20.0. The summed E-state index contributed by atoms with van der Waals surface area (Å²) in [6, 6.07) is 82.6. The summed E-state index contributed by atoms with van der Waals surface area (Å²) in [5.41, 5.74) is 24.6. The number of aryl methyl sites for hydroxylation is 2. The van der Waals surface area contributed by atoms with Gasteiger partial charge in [-0.15, -0.1) is 12.0 Å². The van der Waals surface area contributed by atoms with Crippen molar-refractivity contribution in [1.82, 2.24) is 15.1 Å². The van der Waals surface area contributed by atoms with Crippen molar-refractivity contribution >= 4 is 121 Å². The summed E-state index contributed by atoms with van der Waals surface area (Å²) in [5.74, 6) is 10.4. The first kappa shape index (κ1) is 107. The number of carboxylic acids is 3. The molecule has 20 nitrogen and oxygen atoms in total. The number of likely N-dealkylation sites (tertiary alicyclic amines) is 2. The average Bonchev–Trinajstić information content (AvgIpc) is 1.71. The number of hydrogen-bond donors (Lipinski definition) is 9. The van der Waals surface area contributed by atoms with Crippen LogP contribution in [0.5, 0.6) is 11.5 Å². The highest BCUT2D eigenvalue weighted by Crippen LogP contribution is 2.35. The number of carbonyl (C=O) groups is 7. The number of amides is 2. The molecule has 0 bridgehead atoms. The van der Waals surface area contributed by atoms with Gasteiger partial charge in [-0.25, -0.2) is 14.4 Å². The van der Waals surface area contributed by atoms with Crippen LogP contribution in [0.4, 0.5) is 0 Å². The van der Waals surface area contributed by atoms with E-state index in [0.29, 0.717) is 52.1 Å². The molecule has 0 aromatic heterocycles. The van der Waals surface area contributed by atoms with E-state index in [2.05, 4.69) is 155 Å². The van der Waals surface area contributed by atoms with Crippen molar-refractivity contribution in [1.29, 1.82) is 0 Å². The van der Waals surface area contributed by atoms with Crippen LogP contribution >= 0.6 is 31.9 Å². The molecular formula is C108H115B3Br2N4O16Si. The quantitative estimate of drug-likeness (QED) is 0.0206. The van der Waals surface area contributed by atoms with E-state index in [1.165, 1.54) is 72.3 Å². The largest absolute Gasteiger partial charge is 0.625 e. The van der Waals surface area contributed by atoms with Gasteiger partial charge in [-0.2, -0.15) is 0 Å². The Bertz CT molecular complexity index is 5740. The number of fused-ring (bicyclic) bond motifs is 1. The number of piperidine rings is 3.